The summed E-state index contributed by atoms with van der Waals surface area (Å²) in [6.07, 6.45) is 2.72. The molecular formula is C18H16ClN3O3. The maximum Gasteiger partial charge on any atom is 0.283 e. The van der Waals surface area contributed by atoms with Gasteiger partial charge in [-0.3, -0.25) is 14.9 Å². The van der Waals surface area contributed by atoms with Gasteiger partial charge in [0.05, 0.1) is 4.92 Å². The molecule has 3 aromatic rings. The van der Waals surface area contributed by atoms with Crippen LogP contribution in [0.5, 0.6) is 0 Å². The molecule has 7 heteroatoms. The van der Waals surface area contributed by atoms with Gasteiger partial charge in [-0.05, 0) is 36.1 Å². The van der Waals surface area contributed by atoms with Crippen LogP contribution >= 0.6 is 11.6 Å². The van der Waals surface area contributed by atoms with E-state index in [2.05, 4.69) is 9.88 Å². The Labute approximate surface area is 149 Å². The van der Waals surface area contributed by atoms with Crippen molar-refractivity contribution in [3.63, 3.8) is 0 Å². The van der Waals surface area contributed by atoms with Crippen LogP contribution in [-0.2, 0) is 6.54 Å². The van der Waals surface area contributed by atoms with Gasteiger partial charge in [0.25, 0.3) is 11.6 Å². The summed E-state index contributed by atoms with van der Waals surface area (Å²) in [6, 6.07) is 14.1. The number of nitrogens with one attached hydrogen (secondary N) is 1. The normalized spacial score (nSPS) is 10.8. The Balaban J connectivity index is 1.59. The zero-order chi connectivity index (χ0) is 17.8. The Morgan fingerprint density at radius 1 is 1.20 bits per heavy atom. The Hall–Kier alpha value is -2.86. The van der Waals surface area contributed by atoms with E-state index in [1.165, 1.54) is 23.6 Å². The molecule has 0 spiro atoms. The lowest BCUT2D eigenvalue weighted by molar-refractivity contribution is -0.385. The average Bonchev–Trinajstić information content (AvgIpc) is 3.01. The monoisotopic (exact) mass is 357 g/mol. The number of aryl methyl sites for hydroxylation is 1. The van der Waals surface area contributed by atoms with E-state index in [0.29, 0.717) is 13.0 Å². The van der Waals surface area contributed by atoms with Crippen molar-refractivity contribution in [2.75, 3.05) is 6.54 Å². The molecule has 25 heavy (non-hydrogen) atoms. The predicted octanol–water partition coefficient (Wildman–Crippen LogP) is 4.02. The van der Waals surface area contributed by atoms with Gasteiger partial charge in [0.2, 0.25) is 0 Å². The second-order valence-electron chi connectivity index (χ2n) is 5.60. The largest absolute Gasteiger partial charge is 0.352 e. The highest BCUT2D eigenvalue weighted by molar-refractivity contribution is 6.31. The smallest absolute Gasteiger partial charge is 0.283 e. The lowest BCUT2D eigenvalue weighted by Gasteiger charge is -2.08. The number of hydrogen-bond acceptors (Lipinski definition) is 3. The van der Waals surface area contributed by atoms with Gasteiger partial charge in [0.1, 0.15) is 5.56 Å². The summed E-state index contributed by atoms with van der Waals surface area (Å²) in [4.78, 5) is 22.6. The molecule has 0 saturated heterocycles. The molecule has 0 unspecified atom stereocenters. The molecule has 1 N–H and O–H groups in total. The molecular weight excluding hydrogens is 342 g/mol. The van der Waals surface area contributed by atoms with Crippen molar-refractivity contribution in [3.05, 3.63) is 75.4 Å². The fourth-order valence-corrected chi connectivity index (χ4v) is 2.90. The van der Waals surface area contributed by atoms with Crippen LogP contribution in [0.15, 0.2) is 54.7 Å². The number of hydrogen-bond donors (Lipinski definition) is 1. The molecule has 0 aliphatic carbocycles. The van der Waals surface area contributed by atoms with E-state index in [0.717, 1.165) is 12.1 Å². The summed E-state index contributed by atoms with van der Waals surface area (Å²) in [6.45, 7) is 1.17. The number of benzene rings is 2. The molecule has 2 aromatic carbocycles. The Bertz CT molecular complexity index is 936. The zero-order valence-electron chi connectivity index (χ0n) is 13.3. The van der Waals surface area contributed by atoms with Crippen LogP contribution in [0.4, 0.5) is 5.69 Å². The third-order valence-electron chi connectivity index (χ3n) is 3.94. The van der Waals surface area contributed by atoms with Crippen LogP contribution in [0, 0.1) is 10.1 Å². The van der Waals surface area contributed by atoms with Gasteiger partial charge in [0.15, 0.2) is 0 Å². The average molecular weight is 358 g/mol. The number of carbonyl (C=O) groups excluding carboxylic acids is 1. The summed E-state index contributed by atoms with van der Waals surface area (Å²) in [5, 5.41) is 15.2. The molecule has 0 radical (unpaired) electrons. The van der Waals surface area contributed by atoms with E-state index < -0.39 is 10.8 Å². The molecule has 0 fully saturated rings. The fraction of sp³-hybridized carbons (Fsp3) is 0.167. The van der Waals surface area contributed by atoms with Gasteiger partial charge in [-0.1, -0.05) is 29.8 Å². The highest BCUT2D eigenvalue weighted by Gasteiger charge is 2.20. The van der Waals surface area contributed by atoms with Crippen molar-refractivity contribution in [2.24, 2.45) is 0 Å². The highest BCUT2D eigenvalue weighted by Crippen LogP contribution is 2.23. The first-order chi connectivity index (χ1) is 12.1. The van der Waals surface area contributed by atoms with Crippen molar-refractivity contribution in [2.45, 2.75) is 13.0 Å². The number of aromatic nitrogens is 1. The topological polar surface area (TPSA) is 77.2 Å². The first-order valence-electron chi connectivity index (χ1n) is 7.82. The van der Waals surface area contributed by atoms with E-state index in [9.17, 15) is 14.9 Å². The number of nitrogens with zero attached hydrogens (tertiary/aromatic N) is 2. The minimum Gasteiger partial charge on any atom is -0.352 e. The lowest BCUT2D eigenvalue weighted by atomic mass is 10.1. The molecule has 1 amide bonds. The van der Waals surface area contributed by atoms with Crippen LogP contribution < -0.4 is 5.32 Å². The summed E-state index contributed by atoms with van der Waals surface area (Å²) in [7, 11) is 0. The molecule has 0 bridgehead atoms. The van der Waals surface area contributed by atoms with Crippen LogP contribution in [0.25, 0.3) is 10.9 Å². The SMILES string of the molecule is O=C(NCCCn1ccc2ccccc21)c1ccc(Cl)cc1[N+](=O)[O-]. The second kappa shape index (κ2) is 7.36. The van der Waals surface area contributed by atoms with Crippen LogP contribution in [0.1, 0.15) is 16.8 Å². The number of fused-ring (bicyclic) bond motifs is 1. The number of carbonyl (C=O) groups is 1. The van der Waals surface area contributed by atoms with E-state index in [1.807, 2.05) is 36.5 Å². The highest BCUT2D eigenvalue weighted by atomic mass is 35.5. The van der Waals surface area contributed by atoms with Gasteiger partial charge in [-0.2, -0.15) is 0 Å². The van der Waals surface area contributed by atoms with Crippen molar-refractivity contribution in [1.29, 1.82) is 0 Å². The molecule has 0 aliphatic heterocycles. The molecule has 6 nitrogen and oxygen atoms in total. The van der Waals surface area contributed by atoms with Gasteiger partial charge in [-0.15, -0.1) is 0 Å². The van der Waals surface area contributed by atoms with E-state index in [1.54, 1.807) is 0 Å². The summed E-state index contributed by atoms with van der Waals surface area (Å²) in [5.74, 6) is -0.472. The third kappa shape index (κ3) is 3.80. The van der Waals surface area contributed by atoms with Crippen LogP contribution in [0.3, 0.4) is 0 Å². The van der Waals surface area contributed by atoms with Gasteiger partial charge in [0, 0.05) is 35.9 Å². The number of rotatable bonds is 6. The van der Waals surface area contributed by atoms with Crippen molar-refractivity contribution < 1.29 is 9.72 Å². The first kappa shape index (κ1) is 17.0. The lowest BCUT2D eigenvalue weighted by Crippen LogP contribution is -2.26. The zero-order valence-corrected chi connectivity index (χ0v) is 14.1. The molecule has 0 saturated carbocycles. The minimum absolute atomic E-state index is 0.0146. The summed E-state index contributed by atoms with van der Waals surface area (Å²) >= 11 is 5.76. The quantitative estimate of drug-likeness (QED) is 0.411. The van der Waals surface area contributed by atoms with Gasteiger partial charge in [-0.25, -0.2) is 0 Å². The van der Waals surface area contributed by atoms with E-state index in [4.69, 9.17) is 11.6 Å². The maximum atomic E-state index is 12.2. The van der Waals surface area contributed by atoms with E-state index in [-0.39, 0.29) is 16.3 Å². The summed E-state index contributed by atoms with van der Waals surface area (Å²) < 4.78 is 2.12. The standard InChI is InChI=1S/C18H16ClN3O3/c19-14-6-7-15(17(12-14)22(24)25)18(23)20-9-3-10-21-11-8-13-4-1-2-5-16(13)21/h1-2,4-8,11-12H,3,9-10H2,(H,20,23). The van der Waals surface area contributed by atoms with Gasteiger partial charge >= 0.3 is 0 Å². The van der Waals surface area contributed by atoms with Crippen LogP contribution in [0.2, 0.25) is 5.02 Å². The number of nitro benzene ring substituents is 1. The number of para-hydroxylation sites is 1. The number of amides is 1. The minimum atomic E-state index is -0.604. The summed E-state index contributed by atoms with van der Waals surface area (Å²) in [5.41, 5.74) is 0.865. The predicted molar refractivity (Wildman–Crippen MR) is 97.0 cm³/mol. The Kier molecular flexibility index (Phi) is 5.00. The fourth-order valence-electron chi connectivity index (χ4n) is 2.73. The van der Waals surface area contributed by atoms with E-state index >= 15 is 0 Å². The number of nitro groups is 1. The second-order valence-corrected chi connectivity index (χ2v) is 6.03. The van der Waals surface area contributed by atoms with Crippen molar-refractivity contribution in [1.82, 2.24) is 9.88 Å². The maximum absolute atomic E-state index is 12.2. The molecule has 0 aliphatic rings. The Morgan fingerprint density at radius 2 is 2.00 bits per heavy atom. The molecule has 128 valence electrons. The van der Waals surface area contributed by atoms with Crippen LogP contribution in [-0.4, -0.2) is 21.9 Å². The van der Waals surface area contributed by atoms with Gasteiger partial charge < -0.3 is 9.88 Å². The Morgan fingerprint density at radius 3 is 2.80 bits per heavy atom. The third-order valence-corrected chi connectivity index (χ3v) is 4.18. The molecule has 3 rings (SSSR count). The molecule has 1 aromatic heterocycles. The first-order valence-corrected chi connectivity index (χ1v) is 8.20. The number of halogens is 1. The van der Waals surface area contributed by atoms with Crippen molar-refractivity contribution in [3.8, 4) is 0 Å². The molecule has 0 atom stereocenters. The molecule has 1 heterocycles. The van der Waals surface area contributed by atoms with Crippen molar-refractivity contribution >= 4 is 34.1 Å².